The molecule has 1 aromatic heterocycles. The van der Waals surface area contributed by atoms with Gasteiger partial charge in [-0.1, -0.05) is 25.1 Å². The van der Waals surface area contributed by atoms with Crippen LogP contribution in [0.25, 0.3) is 0 Å². The maximum Gasteiger partial charge on any atom is 0.112 e. The van der Waals surface area contributed by atoms with E-state index >= 15 is 0 Å². The van der Waals surface area contributed by atoms with E-state index in [-0.39, 0.29) is 0 Å². The minimum atomic E-state index is 0.815. The average molecular weight is 232 g/mol. The van der Waals surface area contributed by atoms with Gasteiger partial charge in [-0.3, -0.25) is 0 Å². The highest BCUT2D eigenvalue weighted by molar-refractivity contribution is 7.09. The number of aryl methyl sites for hydroxylation is 2. The molecule has 0 atom stereocenters. The fourth-order valence-electron chi connectivity index (χ4n) is 1.66. The first-order chi connectivity index (χ1) is 7.79. The van der Waals surface area contributed by atoms with E-state index in [0.717, 1.165) is 23.7 Å². The molecule has 84 valence electrons. The summed E-state index contributed by atoms with van der Waals surface area (Å²) in [5, 5.41) is 6.67. The third-order valence-corrected chi connectivity index (χ3v) is 3.46. The lowest BCUT2D eigenvalue weighted by molar-refractivity contribution is 1.06. The summed E-state index contributed by atoms with van der Waals surface area (Å²) in [7, 11) is 0. The van der Waals surface area contributed by atoms with E-state index in [1.165, 1.54) is 11.3 Å². The smallest absolute Gasteiger partial charge is 0.112 e. The van der Waals surface area contributed by atoms with Gasteiger partial charge in [0.15, 0.2) is 0 Å². The molecule has 3 heteroatoms. The minimum Gasteiger partial charge on any atom is -0.378 e. The second kappa shape index (κ2) is 5.12. The number of hydrogen-bond acceptors (Lipinski definition) is 3. The number of rotatable bonds is 4. The zero-order valence-corrected chi connectivity index (χ0v) is 10.5. The Labute approximate surface area is 100 Å². The molecule has 2 rings (SSSR count). The quantitative estimate of drug-likeness (QED) is 0.870. The Morgan fingerprint density at radius 3 is 2.81 bits per heavy atom. The van der Waals surface area contributed by atoms with Gasteiger partial charge in [0.2, 0.25) is 0 Å². The summed E-state index contributed by atoms with van der Waals surface area (Å²) >= 11 is 1.71. The molecule has 0 radical (unpaired) electrons. The molecule has 0 unspecified atom stereocenters. The lowest BCUT2D eigenvalue weighted by Gasteiger charge is -2.08. The number of benzene rings is 1. The molecular weight excluding hydrogens is 216 g/mol. The van der Waals surface area contributed by atoms with E-state index in [2.05, 4.69) is 46.9 Å². The van der Waals surface area contributed by atoms with Crippen LogP contribution in [0.1, 0.15) is 23.2 Å². The highest BCUT2D eigenvalue weighted by Crippen LogP contribution is 2.17. The maximum atomic E-state index is 4.44. The van der Waals surface area contributed by atoms with Crippen molar-refractivity contribution in [3.8, 4) is 0 Å². The lowest BCUT2D eigenvalue weighted by Crippen LogP contribution is -2.01. The van der Waals surface area contributed by atoms with Crippen molar-refractivity contribution in [3.63, 3.8) is 0 Å². The second-order valence-corrected chi connectivity index (χ2v) is 4.69. The summed E-state index contributed by atoms with van der Waals surface area (Å²) in [6.45, 7) is 5.02. The molecule has 0 amide bonds. The Morgan fingerprint density at radius 2 is 2.12 bits per heavy atom. The van der Waals surface area contributed by atoms with Gasteiger partial charge in [-0.05, 0) is 25.0 Å². The first kappa shape index (κ1) is 11.1. The van der Waals surface area contributed by atoms with Crippen LogP contribution in [0.4, 0.5) is 5.69 Å². The average Bonchev–Trinajstić information content (AvgIpc) is 2.73. The number of para-hydroxylation sites is 1. The molecule has 1 heterocycles. The van der Waals surface area contributed by atoms with E-state index in [9.17, 15) is 0 Å². The van der Waals surface area contributed by atoms with Crippen molar-refractivity contribution in [2.75, 3.05) is 5.32 Å². The lowest BCUT2D eigenvalue weighted by atomic mass is 10.1. The largest absolute Gasteiger partial charge is 0.378 e. The molecule has 0 saturated carbocycles. The predicted octanol–water partition coefficient (Wildman–Crippen LogP) is 3.63. The Hall–Kier alpha value is -1.35. The summed E-state index contributed by atoms with van der Waals surface area (Å²) in [5.74, 6) is 0. The van der Waals surface area contributed by atoms with Gasteiger partial charge in [-0.2, -0.15) is 0 Å². The number of thiazole rings is 1. The van der Waals surface area contributed by atoms with E-state index in [1.807, 2.05) is 6.92 Å². The van der Waals surface area contributed by atoms with Crippen LogP contribution < -0.4 is 5.32 Å². The Bertz CT molecular complexity index is 462. The van der Waals surface area contributed by atoms with Crippen LogP contribution in [0.15, 0.2) is 29.6 Å². The first-order valence-corrected chi connectivity index (χ1v) is 6.40. The minimum absolute atomic E-state index is 0.815. The van der Waals surface area contributed by atoms with Crippen LogP contribution in [0.3, 0.4) is 0 Å². The van der Waals surface area contributed by atoms with Crippen LogP contribution in [-0.4, -0.2) is 4.98 Å². The predicted molar refractivity (Wildman–Crippen MR) is 70.0 cm³/mol. The summed E-state index contributed by atoms with van der Waals surface area (Å²) in [4.78, 5) is 4.44. The second-order valence-electron chi connectivity index (χ2n) is 3.75. The molecule has 0 fully saturated rings. The molecule has 0 aliphatic heterocycles. The monoisotopic (exact) mass is 232 g/mol. The van der Waals surface area contributed by atoms with Crippen LogP contribution in [0.5, 0.6) is 0 Å². The molecule has 1 aromatic carbocycles. The van der Waals surface area contributed by atoms with E-state index in [1.54, 1.807) is 11.3 Å². The number of aromatic nitrogens is 1. The topological polar surface area (TPSA) is 24.9 Å². The van der Waals surface area contributed by atoms with Gasteiger partial charge in [0.25, 0.3) is 0 Å². The first-order valence-electron chi connectivity index (χ1n) is 5.52. The SMILES string of the molecule is CCc1ccccc1NCc1nc(C)cs1. The van der Waals surface area contributed by atoms with Crippen molar-refractivity contribution in [2.45, 2.75) is 26.8 Å². The van der Waals surface area contributed by atoms with Gasteiger partial charge in [-0.15, -0.1) is 11.3 Å². The zero-order chi connectivity index (χ0) is 11.4. The van der Waals surface area contributed by atoms with Crippen LogP contribution >= 0.6 is 11.3 Å². The summed E-state index contributed by atoms with van der Waals surface area (Å²) in [5.41, 5.74) is 3.68. The fraction of sp³-hybridized carbons (Fsp3) is 0.308. The fourth-order valence-corrected chi connectivity index (χ4v) is 2.37. The molecule has 2 aromatic rings. The Kier molecular flexibility index (Phi) is 3.57. The normalized spacial score (nSPS) is 10.4. The maximum absolute atomic E-state index is 4.44. The third-order valence-electron chi connectivity index (χ3n) is 2.49. The molecule has 0 spiro atoms. The standard InChI is InChI=1S/C13H16N2S/c1-3-11-6-4-5-7-12(11)14-8-13-15-10(2)9-16-13/h4-7,9,14H,3,8H2,1-2H3. The number of nitrogens with zero attached hydrogens (tertiary/aromatic N) is 1. The van der Waals surface area contributed by atoms with E-state index < -0.39 is 0 Å². The molecule has 0 bridgehead atoms. The molecule has 16 heavy (non-hydrogen) atoms. The number of hydrogen-bond donors (Lipinski definition) is 1. The Balaban J connectivity index is 2.04. The van der Waals surface area contributed by atoms with Crippen molar-refractivity contribution in [1.29, 1.82) is 0 Å². The van der Waals surface area contributed by atoms with Crippen molar-refractivity contribution >= 4 is 17.0 Å². The number of nitrogens with one attached hydrogen (secondary N) is 1. The van der Waals surface area contributed by atoms with Gasteiger partial charge < -0.3 is 5.32 Å². The molecule has 0 saturated heterocycles. The van der Waals surface area contributed by atoms with Crippen LogP contribution in [-0.2, 0) is 13.0 Å². The van der Waals surface area contributed by atoms with Crippen LogP contribution in [0, 0.1) is 6.92 Å². The molecule has 0 aliphatic carbocycles. The van der Waals surface area contributed by atoms with Gasteiger partial charge in [0.1, 0.15) is 5.01 Å². The van der Waals surface area contributed by atoms with Crippen molar-refractivity contribution in [2.24, 2.45) is 0 Å². The summed E-state index contributed by atoms with van der Waals surface area (Å²) in [6.07, 6.45) is 1.06. The zero-order valence-electron chi connectivity index (χ0n) is 9.66. The van der Waals surface area contributed by atoms with Gasteiger partial charge in [-0.25, -0.2) is 4.98 Å². The molecular formula is C13H16N2S. The Morgan fingerprint density at radius 1 is 1.31 bits per heavy atom. The van der Waals surface area contributed by atoms with Crippen molar-refractivity contribution in [3.05, 3.63) is 45.9 Å². The summed E-state index contributed by atoms with van der Waals surface area (Å²) in [6, 6.07) is 8.43. The molecule has 2 nitrogen and oxygen atoms in total. The van der Waals surface area contributed by atoms with Crippen molar-refractivity contribution < 1.29 is 0 Å². The highest BCUT2D eigenvalue weighted by atomic mass is 32.1. The van der Waals surface area contributed by atoms with Crippen molar-refractivity contribution in [1.82, 2.24) is 4.98 Å². The molecule has 1 N–H and O–H groups in total. The number of anilines is 1. The van der Waals surface area contributed by atoms with E-state index in [4.69, 9.17) is 0 Å². The molecule has 0 aliphatic rings. The van der Waals surface area contributed by atoms with Gasteiger partial charge in [0.05, 0.1) is 6.54 Å². The van der Waals surface area contributed by atoms with Crippen LogP contribution in [0.2, 0.25) is 0 Å². The highest BCUT2D eigenvalue weighted by Gasteiger charge is 2.01. The van der Waals surface area contributed by atoms with Gasteiger partial charge >= 0.3 is 0 Å². The third kappa shape index (κ3) is 2.61. The summed E-state index contributed by atoms with van der Waals surface area (Å²) < 4.78 is 0. The van der Waals surface area contributed by atoms with E-state index in [0.29, 0.717) is 0 Å². The van der Waals surface area contributed by atoms with Gasteiger partial charge in [0, 0.05) is 16.8 Å².